The highest BCUT2D eigenvalue weighted by Gasteiger charge is 2.02. The van der Waals surface area contributed by atoms with Crippen molar-refractivity contribution in [1.29, 1.82) is 0 Å². The van der Waals surface area contributed by atoms with E-state index in [1.807, 2.05) is 54.7 Å². The van der Waals surface area contributed by atoms with Crippen LogP contribution >= 0.6 is 0 Å². The molecule has 1 aromatic heterocycles. The molecule has 0 saturated heterocycles. The molecule has 88 valence electrons. The van der Waals surface area contributed by atoms with E-state index >= 15 is 0 Å². The van der Waals surface area contributed by atoms with Crippen molar-refractivity contribution in [2.75, 3.05) is 0 Å². The molecule has 3 rings (SSSR count). The minimum atomic E-state index is 0.767. The normalized spacial score (nSPS) is 10.3. The average molecular weight is 241 g/mol. The summed E-state index contributed by atoms with van der Waals surface area (Å²) in [5.74, 6) is 0. The van der Waals surface area contributed by atoms with Crippen LogP contribution in [-0.2, 0) is 0 Å². The Hall–Kier alpha value is -2.35. The largest absolute Gasteiger partial charge is 0.256 e. The molecule has 0 fully saturated rings. The minimum Gasteiger partial charge on any atom is -0.256 e. The first-order valence-corrected chi connectivity index (χ1v) is 6.20. The molecule has 19 heavy (non-hydrogen) atoms. The van der Waals surface area contributed by atoms with Crippen molar-refractivity contribution in [3.05, 3.63) is 72.9 Å². The molecule has 0 amide bonds. The van der Waals surface area contributed by atoms with E-state index in [0.29, 0.717) is 0 Å². The lowest BCUT2D eigenvalue weighted by Crippen LogP contribution is -1.99. The van der Waals surface area contributed by atoms with E-state index in [1.165, 1.54) is 11.1 Å². The number of hydrogen-bond acceptors (Lipinski definition) is 1. The van der Waals surface area contributed by atoms with Crippen LogP contribution in [0.15, 0.2) is 72.9 Å². The third-order valence-electron chi connectivity index (χ3n) is 3.07. The van der Waals surface area contributed by atoms with Crippen molar-refractivity contribution in [3.8, 4) is 22.4 Å². The first-order valence-electron chi connectivity index (χ1n) is 6.20. The van der Waals surface area contributed by atoms with Gasteiger partial charge in [-0.15, -0.1) is 0 Å². The van der Waals surface area contributed by atoms with Gasteiger partial charge in [0.15, 0.2) is 0 Å². The van der Waals surface area contributed by atoms with Crippen LogP contribution in [0.25, 0.3) is 22.4 Å². The molecule has 1 heterocycles. The summed E-state index contributed by atoms with van der Waals surface area (Å²) in [6.07, 6.45) is 1.84. The quantitative estimate of drug-likeness (QED) is 0.628. The summed E-state index contributed by atoms with van der Waals surface area (Å²) in [7, 11) is 5.71. The molecule has 0 saturated carbocycles. The third-order valence-corrected chi connectivity index (χ3v) is 3.07. The zero-order valence-corrected chi connectivity index (χ0v) is 10.5. The molecule has 0 atom stereocenters. The molecule has 0 spiro atoms. The van der Waals surface area contributed by atoms with Gasteiger partial charge in [-0.1, -0.05) is 60.1 Å². The Morgan fingerprint density at radius 1 is 0.684 bits per heavy atom. The van der Waals surface area contributed by atoms with Crippen molar-refractivity contribution in [1.82, 2.24) is 4.98 Å². The molecular formula is C17H12BN. The Balaban J connectivity index is 2.03. The fourth-order valence-electron chi connectivity index (χ4n) is 2.05. The van der Waals surface area contributed by atoms with Gasteiger partial charge in [-0.25, -0.2) is 0 Å². The fraction of sp³-hybridized carbons (Fsp3) is 0. The summed E-state index contributed by atoms with van der Waals surface area (Å²) in [6, 6.07) is 22.2. The third kappa shape index (κ3) is 2.58. The van der Waals surface area contributed by atoms with Gasteiger partial charge in [-0.05, 0) is 23.3 Å². The molecule has 0 unspecified atom stereocenters. The van der Waals surface area contributed by atoms with Crippen molar-refractivity contribution in [3.63, 3.8) is 0 Å². The molecule has 0 N–H and O–H groups in total. The van der Waals surface area contributed by atoms with Crippen LogP contribution in [0.4, 0.5) is 0 Å². The lowest BCUT2D eigenvalue weighted by molar-refractivity contribution is 1.33. The van der Waals surface area contributed by atoms with Crippen LogP contribution in [0.3, 0.4) is 0 Å². The van der Waals surface area contributed by atoms with E-state index < -0.39 is 0 Å². The molecular weight excluding hydrogens is 229 g/mol. The summed E-state index contributed by atoms with van der Waals surface area (Å²) in [4.78, 5) is 4.42. The number of rotatable bonds is 2. The van der Waals surface area contributed by atoms with Gasteiger partial charge in [0.25, 0.3) is 0 Å². The van der Waals surface area contributed by atoms with E-state index in [9.17, 15) is 0 Å². The fourth-order valence-corrected chi connectivity index (χ4v) is 2.05. The Morgan fingerprint density at radius 2 is 1.42 bits per heavy atom. The highest BCUT2D eigenvalue weighted by molar-refractivity contribution is 6.32. The van der Waals surface area contributed by atoms with E-state index in [0.717, 1.165) is 16.7 Å². The van der Waals surface area contributed by atoms with E-state index in [4.69, 9.17) is 7.85 Å². The zero-order chi connectivity index (χ0) is 13.1. The number of benzene rings is 2. The van der Waals surface area contributed by atoms with Gasteiger partial charge in [-0.2, -0.15) is 0 Å². The topological polar surface area (TPSA) is 12.9 Å². The molecule has 0 aliphatic heterocycles. The van der Waals surface area contributed by atoms with Crippen LogP contribution in [0.5, 0.6) is 0 Å². The van der Waals surface area contributed by atoms with Crippen LogP contribution in [0.2, 0.25) is 0 Å². The number of hydrogen-bond donors (Lipinski definition) is 0. The van der Waals surface area contributed by atoms with Gasteiger partial charge in [-0.3, -0.25) is 4.98 Å². The summed E-state index contributed by atoms with van der Waals surface area (Å²) >= 11 is 0. The van der Waals surface area contributed by atoms with Gasteiger partial charge < -0.3 is 0 Å². The predicted molar refractivity (Wildman–Crippen MR) is 80.5 cm³/mol. The smallest absolute Gasteiger partial charge is 0.113 e. The molecule has 2 radical (unpaired) electrons. The van der Waals surface area contributed by atoms with Crippen LogP contribution in [0, 0.1) is 0 Å². The summed E-state index contributed by atoms with van der Waals surface area (Å²) in [5.41, 5.74) is 5.17. The molecule has 2 heteroatoms. The van der Waals surface area contributed by atoms with Crippen LogP contribution < -0.4 is 5.46 Å². The Kier molecular flexibility index (Phi) is 3.15. The number of pyridine rings is 1. The minimum absolute atomic E-state index is 0.767. The maximum atomic E-state index is 5.71. The molecule has 0 aliphatic carbocycles. The number of aromatic nitrogens is 1. The molecule has 0 bridgehead atoms. The van der Waals surface area contributed by atoms with Crippen LogP contribution in [0.1, 0.15) is 0 Å². The second kappa shape index (κ2) is 5.11. The van der Waals surface area contributed by atoms with E-state index in [1.54, 1.807) is 0 Å². The highest BCUT2D eigenvalue weighted by atomic mass is 14.7. The first kappa shape index (κ1) is 11.7. The van der Waals surface area contributed by atoms with Crippen molar-refractivity contribution < 1.29 is 0 Å². The second-order valence-corrected chi connectivity index (χ2v) is 4.42. The number of nitrogens with zero attached hydrogens (tertiary/aromatic N) is 1. The van der Waals surface area contributed by atoms with Crippen molar-refractivity contribution in [2.24, 2.45) is 0 Å². The maximum Gasteiger partial charge on any atom is 0.113 e. The van der Waals surface area contributed by atoms with E-state index in [-0.39, 0.29) is 0 Å². The van der Waals surface area contributed by atoms with Gasteiger partial charge in [0.05, 0.1) is 5.69 Å². The summed E-state index contributed by atoms with van der Waals surface area (Å²) in [5, 5.41) is 0. The zero-order valence-electron chi connectivity index (χ0n) is 10.5. The van der Waals surface area contributed by atoms with Gasteiger partial charge in [0.1, 0.15) is 7.85 Å². The molecule has 0 aliphatic rings. The SMILES string of the molecule is [B]c1ccc(-c2cc(-c3ccccc3)ccn2)cc1. The molecule has 3 aromatic rings. The van der Waals surface area contributed by atoms with Gasteiger partial charge >= 0.3 is 0 Å². The average Bonchev–Trinajstić information content (AvgIpc) is 2.49. The van der Waals surface area contributed by atoms with Gasteiger partial charge in [0, 0.05) is 11.8 Å². The van der Waals surface area contributed by atoms with Crippen LogP contribution in [-0.4, -0.2) is 12.8 Å². The summed E-state index contributed by atoms with van der Waals surface area (Å²) in [6.45, 7) is 0. The molecule has 1 nitrogen and oxygen atoms in total. The standard InChI is InChI=1S/C17H12BN/c18-16-8-6-14(7-9-16)17-12-15(10-11-19-17)13-4-2-1-3-5-13/h1-12H. The Morgan fingerprint density at radius 3 is 2.16 bits per heavy atom. The second-order valence-electron chi connectivity index (χ2n) is 4.42. The Bertz CT molecular complexity index is 675. The highest BCUT2D eigenvalue weighted by Crippen LogP contribution is 2.23. The van der Waals surface area contributed by atoms with Gasteiger partial charge in [0.2, 0.25) is 0 Å². The lowest BCUT2D eigenvalue weighted by atomic mass is 9.94. The maximum absolute atomic E-state index is 5.71. The molecule has 2 aromatic carbocycles. The first-order chi connectivity index (χ1) is 9.33. The lowest BCUT2D eigenvalue weighted by Gasteiger charge is -2.05. The van der Waals surface area contributed by atoms with Crippen molar-refractivity contribution >= 4 is 13.3 Å². The Labute approximate surface area is 114 Å². The van der Waals surface area contributed by atoms with Crippen molar-refractivity contribution in [2.45, 2.75) is 0 Å². The van der Waals surface area contributed by atoms with E-state index in [2.05, 4.69) is 23.2 Å². The monoisotopic (exact) mass is 241 g/mol. The summed E-state index contributed by atoms with van der Waals surface area (Å²) < 4.78 is 0. The predicted octanol–water partition coefficient (Wildman–Crippen LogP) is 3.21.